The minimum Gasteiger partial charge on any atom is -0.454 e. The Hall–Kier alpha value is -3.21. The van der Waals surface area contributed by atoms with Gasteiger partial charge in [0.1, 0.15) is 0 Å². The number of aliphatic imine (C=N–C) groups is 1. The Kier molecular flexibility index (Phi) is 6.50. The Morgan fingerprint density at radius 2 is 2.00 bits per heavy atom. The van der Waals surface area contributed by atoms with E-state index in [0.29, 0.717) is 18.0 Å². The average molecular weight is 479 g/mol. The van der Waals surface area contributed by atoms with Gasteiger partial charge in [0.05, 0.1) is 23.0 Å². The summed E-state index contributed by atoms with van der Waals surface area (Å²) in [5.41, 5.74) is -0.0900. The van der Waals surface area contributed by atoms with E-state index in [0.717, 1.165) is 29.5 Å². The fourth-order valence-corrected chi connectivity index (χ4v) is 4.49. The van der Waals surface area contributed by atoms with Gasteiger partial charge in [-0.15, -0.1) is 0 Å². The number of halogens is 3. The number of hydrogen-bond acceptors (Lipinski definition) is 6. The molecule has 0 aliphatic carbocycles. The van der Waals surface area contributed by atoms with Crippen molar-refractivity contribution in [3.8, 4) is 11.5 Å². The van der Waals surface area contributed by atoms with Crippen LogP contribution in [-0.2, 0) is 22.3 Å². The van der Waals surface area contributed by atoms with Crippen molar-refractivity contribution >= 4 is 34.4 Å². The van der Waals surface area contributed by atoms with Crippen LogP contribution < -0.4 is 14.8 Å². The van der Waals surface area contributed by atoms with E-state index in [9.17, 15) is 22.8 Å². The van der Waals surface area contributed by atoms with Gasteiger partial charge in [-0.1, -0.05) is 23.9 Å². The molecule has 0 spiro atoms. The Labute approximate surface area is 192 Å². The van der Waals surface area contributed by atoms with E-state index in [1.807, 2.05) is 0 Å². The predicted octanol–water partition coefficient (Wildman–Crippen LogP) is 4.09. The van der Waals surface area contributed by atoms with Gasteiger partial charge in [0, 0.05) is 13.0 Å². The third-order valence-corrected chi connectivity index (χ3v) is 6.15. The summed E-state index contributed by atoms with van der Waals surface area (Å²) < 4.78 is 50.1. The van der Waals surface area contributed by atoms with Gasteiger partial charge in [0.25, 0.3) is 0 Å². The topological polar surface area (TPSA) is 80.2 Å². The number of rotatable bonds is 5. The van der Waals surface area contributed by atoms with Crippen molar-refractivity contribution in [1.82, 2.24) is 10.2 Å². The fourth-order valence-electron chi connectivity index (χ4n) is 3.37. The van der Waals surface area contributed by atoms with E-state index >= 15 is 0 Å². The van der Waals surface area contributed by atoms with Crippen LogP contribution in [0, 0.1) is 0 Å². The first-order valence-electron chi connectivity index (χ1n) is 10.1. The molecule has 1 unspecified atom stereocenters. The summed E-state index contributed by atoms with van der Waals surface area (Å²) >= 11 is 1.05. The monoisotopic (exact) mass is 479 g/mol. The third kappa shape index (κ3) is 5.24. The molecule has 2 amide bonds. The molecule has 1 saturated heterocycles. The SMILES string of the molecule is CCNC(=O)C1CC(=O)N(Cc2ccc3c(c2)OCO3)C(=Nc2cccc(C(F)(F)F)c2)S1. The van der Waals surface area contributed by atoms with E-state index in [1.165, 1.54) is 17.0 Å². The maximum absolute atomic E-state index is 13.1. The highest BCUT2D eigenvalue weighted by molar-refractivity contribution is 8.15. The van der Waals surface area contributed by atoms with E-state index in [1.54, 1.807) is 25.1 Å². The zero-order chi connectivity index (χ0) is 23.6. The standard InChI is InChI=1S/C22H20F3N3O4S/c1-2-26-20(30)18-10-19(29)28(11-13-6-7-16-17(8-13)32-12-31-16)21(33-18)27-15-5-3-4-14(9-15)22(23,24)25/h3-9,18H,2,10-12H2,1H3,(H,26,30). The van der Waals surface area contributed by atoms with Crippen molar-refractivity contribution in [1.29, 1.82) is 0 Å². The predicted molar refractivity (Wildman–Crippen MR) is 116 cm³/mol. The van der Waals surface area contributed by atoms with E-state index in [-0.39, 0.29) is 42.4 Å². The molecule has 2 heterocycles. The molecule has 1 atom stereocenters. The van der Waals surface area contributed by atoms with E-state index in [2.05, 4.69) is 10.3 Å². The zero-order valence-corrected chi connectivity index (χ0v) is 18.3. The largest absolute Gasteiger partial charge is 0.454 e. The Balaban J connectivity index is 1.67. The second-order valence-corrected chi connectivity index (χ2v) is 8.49. The van der Waals surface area contributed by atoms with Crippen LogP contribution in [0.5, 0.6) is 11.5 Å². The number of carbonyl (C=O) groups excluding carboxylic acids is 2. The van der Waals surface area contributed by atoms with Crippen molar-refractivity contribution in [3.05, 3.63) is 53.6 Å². The second-order valence-electron chi connectivity index (χ2n) is 7.32. The first-order valence-corrected chi connectivity index (χ1v) is 11.0. The van der Waals surface area contributed by atoms with Crippen molar-refractivity contribution < 1.29 is 32.2 Å². The summed E-state index contributed by atoms with van der Waals surface area (Å²) in [7, 11) is 0. The maximum atomic E-state index is 13.1. The van der Waals surface area contributed by atoms with Crippen LogP contribution in [-0.4, -0.2) is 40.5 Å². The van der Waals surface area contributed by atoms with Crippen LogP contribution in [0.1, 0.15) is 24.5 Å². The molecule has 0 bridgehead atoms. The number of amidine groups is 1. The molecule has 1 fully saturated rings. The smallest absolute Gasteiger partial charge is 0.416 e. The number of alkyl halides is 3. The highest BCUT2D eigenvalue weighted by Crippen LogP contribution is 2.36. The number of amides is 2. The number of thioether (sulfide) groups is 1. The number of nitrogens with one attached hydrogen (secondary N) is 1. The summed E-state index contributed by atoms with van der Waals surface area (Å²) in [6, 6.07) is 9.75. The van der Waals surface area contributed by atoms with Crippen molar-refractivity contribution in [3.63, 3.8) is 0 Å². The van der Waals surface area contributed by atoms with Gasteiger partial charge < -0.3 is 14.8 Å². The lowest BCUT2D eigenvalue weighted by Crippen LogP contribution is -2.46. The normalized spacial score (nSPS) is 19.2. The Bertz CT molecular complexity index is 1110. The van der Waals surface area contributed by atoms with Crippen LogP contribution in [0.2, 0.25) is 0 Å². The van der Waals surface area contributed by atoms with Gasteiger partial charge >= 0.3 is 6.18 Å². The van der Waals surface area contributed by atoms with E-state index < -0.39 is 17.0 Å². The molecule has 2 aromatic carbocycles. The molecule has 7 nitrogen and oxygen atoms in total. The van der Waals surface area contributed by atoms with Gasteiger partial charge in [-0.3, -0.25) is 14.5 Å². The fraction of sp³-hybridized carbons (Fsp3) is 0.318. The number of hydrogen-bond donors (Lipinski definition) is 1. The van der Waals surface area contributed by atoms with Gasteiger partial charge in [0.15, 0.2) is 16.7 Å². The lowest BCUT2D eigenvalue weighted by atomic mass is 10.1. The van der Waals surface area contributed by atoms with Gasteiger partial charge in [-0.05, 0) is 42.8 Å². The average Bonchev–Trinajstić information content (AvgIpc) is 3.23. The third-order valence-electron chi connectivity index (χ3n) is 4.96. The summed E-state index contributed by atoms with van der Waals surface area (Å²) in [6.45, 7) is 2.37. The highest BCUT2D eigenvalue weighted by Gasteiger charge is 2.36. The van der Waals surface area contributed by atoms with Gasteiger partial charge in [-0.25, -0.2) is 4.99 Å². The molecule has 0 aromatic heterocycles. The second kappa shape index (κ2) is 9.34. The molecule has 0 saturated carbocycles. The van der Waals surface area contributed by atoms with Crippen molar-refractivity contribution in [2.75, 3.05) is 13.3 Å². The van der Waals surface area contributed by atoms with Crippen molar-refractivity contribution in [2.45, 2.75) is 31.3 Å². The number of carbonyl (C=O) groups is 2. The van der Waals surface area contributed by atoms with Crippen molar-refractivity contribution in [2.24, 2.45) is 4.99 Å². The van der Waals surface area contributed by atoms with Gasteiger partial charge in [-0.2, -0.15) is 13.2 Å². The molecule has 1 N–H and O–H groups in total. The van der Waals surface area contributed by atoms with Crippen LogP contribution >= 0.6 is 11.8 Å². The Morgan fingerprint density at radius 1 is 1.21 bits per heavy atom. The maximum Gasteiger partial charge on any atom is 0.416 e. The number of nitrogens with zero attached hydrogens (tertiary/aromatic N) is 2. The molecular weight excluding hydrogens is 459 g/mol. The molecule has 11 heteroatoms. The Morgan fingerprint density at radius 3 is 2.76 bits per heavy atom. The summed E-state index contributed by atoms with van der Waals surface area (Å²) in [4.78, 5) is 31.1. The first-order chi connectivity index (χ1) is 15.7. The van der Waals surface area contributed by atoms with Gasteiger partial charge in [0.2, 0.25) is 18.6 Å². The number of ether oxygens (including phenoxy) is 2. The van der Waals surface area contributed by atoms with Crippen LogP contribution in [0.25, 0.3) is 0 Å². The summed E-state index contributed by atoms with van der Waals surface area (Å²) in [6.07, 6.45) is -4.58. The van der Waals surface area contributed by atoms with Crippen LogP contribution in [0.3, 0.4) is 0 Å². The molecule has 33 heavy (non-hydrogen) atoms. The summed E-state index contributed by atoms with van der Waals surface area (Å²) in [5.74, 6) is 0.456. The van der Waals surface area contributed by atoms with Crippen LogP contribution in [0.15, 0.2) is 47.5 Å². The molecule has 2 aromatic rings. The molecule has 2 aliphatic rings. The molecule has 0 radical (unpaired) electrons. The molecular formula is C22H20F3N3O4S. The van der Waals surface area contributed by atoms with E-state index in [4.69, 9.17) is 9.47 Å². The summed E-state index contributed by atoms with van der Waals surface area (Å²) in [5, 5.41) is 2.10. The number of fused-ring (bicyclic) bond motifs is 1. The molecule has 2 aliphatic heterocycles. The minimum atomic E-state index is -4.53. The lowest BCUT2D eigenvalue weighted by molar-refractivity contribution is -0.137. The molecule has 174 valence electrons. The lowest BCUT2D eigenvalue weighted by Gasteiger charge is -2.32. The first kappa shape index (κ1) is 23.0. The minimum absolute atomic E-state index is 0.0346. The number of benzene rings is 2. The quantitative estimate of drug-likeness (QED) is 0.699. The zero-order valence-electron chi connectivity index (χ0n) is 17.5. The highest BCUT2D eigenvalue weighted by atomic mass is 32.2. The molecule has 4 rings (SSSR count). The van der Waals surface area contributed by atoms with Crippen LogP contribution in [0.4, 0.5) is 18.9 Å².